The Balaban J connectivity index is 2.06. The van der Waals surface area contributed by atoms with E-state index in [1.165, 1.54) is 0 Å². The zero-order valence-corrected chi connectivity index (χ0v) is 11.0. The number of nitrogens with two attached hydrogens (primary N) is 1. The first-order valence-electron chi connectivity index (χ1n) is 6.22. The molecule has 2 rings (SSSR count). The molecule has 6 nitrogen and oxygen atoms in total. The lowest BCUT2D eigenvalue weighted by atomic mass is 10.2. The van der Waals surface area contributed by atoms with E-state index in [4.69, 9.17) is 10.5 Å². The molecule has 1 aromatic rings. The van der Waals surface area contributed by atoms with Gasteiger partial charge in [-0.3, -0.25) is 9.48 Å². The molecule has 1 aliphatic heterocycles. The minimum atomic E-state index is 0.0903. The van der Waals surface area contributed by atoms with Crippen LogP contribution in [0.25, 0.3) is 0 Å². The Hall–Kier alpha value is -1.40. The predicted octanol–water partition coefficient (Wildman–Crippen LogP) is -0.183. The van der Waals surface area contributed by atoms with Crippen LogP contribution in [0.2, 0.25) is 0 Å². The number of carbonyl (C=O) groups is 1. The van der Waals surface area contributed by atoms with Gasteiger partial charge in [0.2, 0.25) is 5.91 Å². The molecule has 100 valence electrons. The fraction of sp³-hybridized carbons (Fsp3) is 0.667. The van der Waals surface area contributed by atoms with Crippen LogP contribution in [0.3, 0.4) is 0 Å². The van der Waals surface area contributed by atoms with Crippen LogP contribution >= 0.6 is 0 Å². The normalized spacial score (nSPS) is 16.1. The van der Waals surface area contributed by atoms with E-state index in [0.717, 1.165) is 17.0 Å². The van der Waals surface area contributed by atoms with Gasteiger partial charge in [-0.2, -0.15) is 5.10 Å². The summed E-state index contributed by atoms with van der Waals surface area (Å²) in [5.41, 5.74) is 8.60. The smallest absolute Gasteiger partial charge is 0.244 e. The Morgan fingerprint density at radius 1 is 1.39 bits per heavy atom. The van der Waals surface area contributed by atoms with Crippen molar-refractivity contribution in [3.8, 4) is 0 Å². The van der Waals surface area contributed by atoms with Gasteiger partial charge < -0.3 is 15.4 Å². The summed E-state index contributed by atoms with van der Waals surface area (Å²) in [6.45, 7) is 7.20. The third kappa shape index (κ3) is 2.54. The fourth-order valence-electron chi connectivity index (χ4n) is 2.22. The molecule has 0 spiro atoms. The van der Waals surface area contributed by atoms with E-state index in [0.29, 0.717) is 32.8 Å². The minimum Gasteiger partial charge on any atom is -0.378 e. The van der Waals surface area contributed by atoms with Crippen molar-refractivity contribution in [2.45, 2.75) is 26.9 Å². The Bertz CT molecular complexity index is 436. The second-order valence-corrected chi connectivity index (χ2v) is 4.50. The highest BCUT2D eigenvalue weighted by Crippen LogP contribution is 2.12. The lowest BCUT2D eigenvalue weighted by Crippen LogP contribution is -2.42. The van der Waals surface area contributed by atoms with Crippen molar-refractivity contribution in [1.82, 2.24) is 14.7 Å². The number of aryl methyl sites for hydroxylation is 1. The summed E-state index contributed by atoms with van der Waals surface area (Å²) in [5, 5.41) is 4.37. The highest BCUT2D eigenvalue weighted by molar-refractivity contribution is 5.76. The highest BCUT2D eigenvalue weighted by atomic mass is 16.5. The molecule has 0 bridgehead atoms. The summed E-state index contributed by atoms with van der Waals surface area (Å²) in [5.74, 6) is 0.0903. The van der Waals surface area contributed by atoms with Gasteiger partial charge in [-0.15, -0.1) is 0 Å². The van der Waals surface area contributed by atoms with Crippen LogP contribution in [0.5, 0.6) is 0 Å². The average molecular weight is 252 g/mol. The topological polar surface area (TPSA) is 73.4 Å². The third-order valence-electron chi connectivity index (χ3n) is 3.38. The SMILES string of the molecule is Cc1nn(CC(=O)N2CCOCC2)c(C)c1CN. The molecule has 1 saturated heterocycles. The second-order valence-electron chi connectivity index (χ2n) is 4.50. The zero-order chi connectivity index (χ0) is 13.1. The van der Waals surface area contributed by atoms with Crippen molar-refractivity contribution in [3.63, 3.8) is 0 Å². The summed E-state index contributed by atoms with van der Waals surface area (Å²) < 4.78 is 6.98. The van der Waals surface area contributed by atoms with Crippen LogP contribution < -0.4 is 5.73 Å². The molecule has 18 heavy (non-hydrogen) atoms. The number of hydrogen-bond acceptors (Lipinski definition) is 4. The van der Waals surface area contributed by atoms with Crippen LogP contribution in [-0.2, 0) is 22.6 Å². The molecule has 6 heteroatoms. The van der Waals surface area contributed by atoms with E-state index in [1.54, 1.807) is 4.68 Å². The molecule has 1 aliphatic rings. The first-order valence-corrected chi connectivity index (χ1v) is 6.22. The van der Waals surface area contributed by atoms with Crippen LogP contribution in [-0.4, -0.2) is 46.9 Å². The minimum absolute atomic E-state index is 0.0903. The quantitative estimate of drug-likeness (QED) is 0.809. The van der Waals surface area contributed by atoms with Crippen molar-refractivity contribution in [2.24, 2.45) is 5.73 Å². The maximum absolute atomic E-state index is 12.1. The third-order valence-corrected chi connectivity index (χ3v) is 3.38. The summed E-state index contributed by atoms with van der Waals surface area (Å²) in [6, 6.07) is 0. The van der Waals surface area contributed by atoms with Gasteiger partial charge in [0.1, 0.15) is 6.54 Å². The summed E-state index contributed by atoms with van der Waals surface area (Å²) >= 11 is 0. The van der Waals surface area contributed by atoms with Crippen molar-refractivity contribution in [3.05, 3.63) is 17.0 Å². The standard InChI is InChI=1S/C12H20N4O2/c1-9-11(7-13)10(2)16(14-9)8-12(17)15-3-5-18-6-4-15/h3-8,13H2,1-2H3. The van der Waals surface area contributed by atoms with Crippen molar-refractivity contribution < 1.29 is 9.53 Å². The Morgan fingerprint density at radius 2 is 2.06 bits per heavy atom. The van der Waals surface area contributed by atoms with Crippen molar-refractivity contribution >= 4 is 5.91 Å². The highest BCUT2D eigenvalue weighted by Gasteiger charge is 2.19. The van der Waals surface area contributed by atoms with Crippen LogP contribution in [0, 0.1) is 13.8 Å². The molecule has 2 heterocycles. The van der Waals surface area contributed by atoms with E-state index in [2.05, 4.69) is 5.10 Å². The molecule has 1 fully saturated rings. The number of aromatic nitrogens is 2. The van der Waals surface area contributed by atoms with Gasteiger partial charge in [-0.1, -0.05) is 0 Å². The molecule has 1 amide bonds. The summed E-state index contributed by atoms with van der Waals surface area (Å²) in [4.78, 5) is 13.9. The van der Waals surface area contributed by atoms with E-state index in [-0.39, 0.29) is 12.5 Å². The fourth-order valence-corrected chi connectivity index (χ4v) is 2.22. The van der Waals surface area contributed by atoms with E-state index >= 15 is 0 Å². The predicted molar refractivity (Wildman–Crippen MR) is 67.0 cm³/mol. The lowest BCUT2D eigenvalue weighted by Gasteiger charge is -2.26. The first kappa shape index (κ1) is 13.0. The van der Waals surface area contributed by atoms with Gasteiger partial charge in [0.05, 0.1) is 18.9 Å². The van der Waals surface area contributed by atoms with Gasteiger partial charge in [-0.25, -0.2) is 0 Å². The van der Waals surface area contributed by atoms with Crippen LogP contribution in [0.1, 0.15) is 17.0 Å². The van der Waals surface area contributed by atoms with E-state index in [1.807, 2.05) is 18.7 Å². The second kappa shape index (κ2) is 5.49. The number of nitrogens with zero attached hydrogens (tertiary/aromatic N) is 3. The largest absolute Gasteiger partial charge is 0.378 e. The molecule has 0 radical (unpaired) electrons. The number of amides is 1. The number of ether oxygens (including phenoxy) is 1. The van der Waals surface area contributed by atoms with E-state index < -0.39 is 0 Å². The molecule has 2 N–H and O–H groups in total. The van der Waals surface area contributed by atoms with Crippen molar-refractivity contribution in [1.29, 1.82) is 0 Å². The number of hydrogen-bond donors (Lipinski definition) is 1. The average Bonchev–Trinajstić information content (AvgIpc) is 2.65. The molecule has 1 aromatic heterocycles. The zero-order valence-electron chi connectivity index (χ0n) is 11.0. The maximum atomic E-state index is 12.1. The molecule has 0 aliphatic carbocycles. The maximum Gasteiger partial charge on any atom is 0.244 e. The Morgan fingerprint density at radius 3 is 2.61 bits per heavy atom. The Kier molecular flexibility index (Phi) is 3.98. The molecular formula is C12H20N4O2. The van der Waals surface area contributed by atoms with Crippen LogP contribution in [0.15, 0.2) is 0 Å². The molecule has 0 atom stereocenters. The van der Waals surface area contributed by atoms with Gasteiger partial charge in [0.15, 0.2) is 0 Å². The number of rotatable bonds is 3. The van der Waals surface area contributed by atoms with Gasteiger partial charge in [-0.05, 0) is 13.8 Å². The summed E-state index contributed by atoms with van der Waals surface area (Å²) in [7, 11) is 0. The Labute approximate surface area is 107 Å². The number of morpholine rings is 1. The monoisotopic (exact) mass is 252 g/mol. The first-order chi connectivity index (χ1) is 8.63. The molecule has 0 saturated carbocycles. The summed E-state index contributed by atoms with van der Waals surface area (Å²) in [6.07, 6.45) is 0. The van der Waals surface area contributed by atoms with E-state index in [9.17, 15) is 4.79 Å². The van der Waals surface area contributed by atoms with Crippen LogP contribution in [0.4, 0.5) is 0 Å². The van der Waals surface area contributed by atoms with Gasteiger partial charge in [0, 0.05) is 30.9 Å². The number of carbonyl (C=O) groups excluding carboxylic acids is 1. The molecule has 0 aromatic carbocycles. The molecular weight excluding hydrogens is 232 g/mol. The lowest BCUT2D eigenvalue weighted by molar-refractivity contribution is -0.136. The molecule has 0 unspecified atom stereocenters. The van der Waals surface area contributed by atoms with Gasteiger partial charge >= 0.3 is 0 Å². The van der Waals surface area contributed by atoms with Crippen molar-refractivity contribution in [2.75, 3.05) is 26.3 Å². The van der Waals surface area contributed by atoms with Gasteiger partial charge in [0.25, 0.3) is 0 Å².